The number of carbonyl (C=O) groups excluding carboxylic acids is 1. The fourth-order valence-electron chi connectivity index (χ4n) is 2.87. The third kappa shape index (κ3) is 3.32. The Balaban J connectivity index is 1.75. The lowest BCUT2D eigenvalue weighted by atomic mass is 10.2. The molecular weight excluding hydrogens is 306 g/mol. The van der Waals surface area contributed by atoms with Gasteiger partial charge in [-0.2, -0.15) is 10.1 Å². The predicted molar refractivity (Wildman–Crippen MR) is 92.1 cm³/mol. The van der Waals surface area contributed by atoms with Gasteiger partial charge in [-0.25, -0.2) is 9.78 Å². The van der Waals surface area contributed by atoms with Crippen LogP contribution < -0.4 is 10.2 Å². The molecule has 3 heterocycles. The molecular formula is C16H23N7O. The minimum absolute atomic E-state index is 0.179. The summed E-state index contributed by atoms with van der Waals surface area (Å²) in [6, 6.07) is 1.70. The first-order valence-corrected chi connectivity index (χ1v) is 8.02. The molecule has 2 aromatic heterocycles. The summed E-state index contributed by atoms with van der Waals surface area (Å²) in [7, 11) is 5.76. The van der Waals surface area contributed by atoms with E-state index in [0.29, 0.717) is 19.0 Å². The first kappa shape index (κ1) is 16.2. The third-order valence-corrected chi connectivity index (χ3v) is 4.16. The Morgan fingerprint density at radius 3 is 2.88 bits per heavy atom. The Hall–Kier alpha value is -2.64. The van der Waals surface area contributed by atoms with E-state index in [4.69, 9.17) is 0 Å². The molecule has 0 saturated heterocycles. The Morgan fingerprint density at radius 1 is 1.33 bits per heavy atom. The molecule has 1 aliphatic heterocycles. The average Bonchev–Trinajstić information content (AvgIpc) is 2.74. The van der Waals surface area contributed by atoms with Crippen LogP contribution in [0.4, 0.5) is 16.6 Å². The Bertz CT molecular complexity index is 753. The summed E-state index contributed by atoms with van der Waals surface area (Å²) < 4.78 is 1.89. The number of nitrogens with one attached hydrogen (secondary N) is 1. The van der Waals surface area contributed by atoms with Crippen molar-refractivity contribution in [2.75, 3.05) is 30.9 Å². The second-order valence-corrected chi connectivity index (χ2v) is 6.28. The number of fused-ring (bicyclic) bond motifs is 1. The number of hydrogen-bond acceptors (Lipinski definition) is 5. The molecule has 0 radical (unpaired) electrons. The van der Waals surface area contributed by atoms with Crippen molar-refractivity contribution < 1.29 is 4.79 Å². The highest BCUT2D eigenvalue weighted by Crippen LogP contribution is 2.19. The van der Waals surface area contributed by atoms with Crippen LogP contribution in [-0.4, -0.2) is 51.3 Å². The molecule has 0 aromatic carbocycles. The van der Waals surface area contributed by atoms with Crippen molar-refractivity contribution in [2.45, 2.75) is 26.3 Å². The summed E-state index contributed by atoms with van der Waals surface area (Å²) in [5.74, 6) is 1.10. The van der Waals surface area contributed by atoms with Crippen molar-refractivity contribution in [1.29, 1.82) is 0 Å². The van der Waals surface area contributed by atoms with E-state index in [1.165, 1.54) is 5.69 Å². The lowest BCUT2D eigenvalue weighted by Gasteiger charge is -2.21. The van der Waals surface area contributed by atoms with Crippen molar-refractivity contribution in [2.24, 2.45) is 7.05 Å². The summed E-state index contributed by atoms with van der Waals surface area (Å²) in [4.78, 5) is 25.0. The van der Waals surface area contributed by atoms with Crippen LogP contribution in [-0.2, 0) is 20.0 Å². The third-order valence-electron chi connectivity index (χ3n) is 4.16. The standard InChI is InChI=1S/C16H23N7O/c1-11-8-14(21(2)3)19-15(18-11)20-16(24)23-7-5-6-13-12(10-23)9-17-22(13)4/h8-9H,5-7,10H2,1-4H3,(H,18,19,20,24). The largest absolute Gasteiger partial charge is 0.363 e. The Morgan fingerprint density at radius 2 is 2.12 bits per heavy atom. The lowest BCUT2D eigenvalue weighted by Crippen LogP contribution is -2.35. The number of urea groups is 1. The van der Waals surface area contributed by atoms with Gasteiger partial charge in [-0.1, -0.05) is 0 Å². The monoisotopic (exact) mass is 329 g/mol. The molecule has 2 amide bonds. The molecule has 8 nitrogen and oxygen atoms in total. The number of hydrogen-bond donors (Lipinski definition) is 1. The van der Waals surface area contributed by atoms with Gasteiger partial charge in [0.15, 0.2) is 0 Å². The maximum absolute atomic E-state index is 12.6. The molecule has 0 fully saturated rings. The second-order valence-electron chi connectivity index (χ2n) is 6.28. The van der Waals surface area contributed by atoms with Gasteiger partial charge in [0.2, 0.25) is 5.95 Å². The average molecular weight is 329 g/mol. The van der Waals surface area contributed by atoms with Crippen LogP contribution in [0.5, 0.6) is 0 Å². The van der Waals surface area contributed by atoms with Gasteiger partial charge in [0.05, 0.1) is 12.7 Å². The van der Waals surface area contributed by atoms with Gasteiger partial charge < -0.3 is 9.80 Å². The first-order valence-electron chi connectivity index (χ1n) is 8.02. The van der Waals surface area contributed by atoms with E-state index in [9.17, 15) is 4.79 Å². The van der Waals surface area contributed by atoms with Gasteiger partial charge in [-0.15, -0.1) is 0 Å². The zero-order valence-corrected chi connectivity index (χ0v) is 14.6. The smallest absolute Gasteiger partial charge is 0.324 e. The van der Waals surface area contributed by atoms with Crippen molar-refractivity contribution in [3.05, 3.63) is 29.2 Å². The van der Waals surface area contributed by atoms with E-state index in [-0.39, 0.29) is 6.03 Å². The van der Waals surface area contributed by atoms with Crippen LogP contribution in [0.3, 0.4) is 0 Å². The normalized spacial score (nSPS) is 14.1. The lowest BCUT2D eigenvalue weighted by molar-refractivity contribution is 0.210. The molecule has 0 spiro atoms. The molecule has 1 N–H and O–H groups in total. The molecule has 0 saturated carbocycles. The van der Waals surface area contributed by atoms with E-state index in [1.807, 2.05) is 49.9 Å². The number of amides is 2. The Labute approximate surface area is 141 Å². The van der Waals surface area contributed by atoms with E-state index in [1.54, 1.807) is 4.90 Å². The molecule has 0 unspecified atom stereocenters. The van der Waals surface area contributed by atoms with Gasteiger partial charge in [-0.05, 0) is 19.8 Å². The highest BCUT2D eigenvalue weighted by atomic mass is 16.2. The molecule has 0 atom stereocenters. The summed E-state index contributed by atoms with van der Waals surface area (Å²) in [5.41, 5.74) is 3.12. The van der Waals surface area contributed by atoms with Crippen LogP contribution >= 0.6 is 0 Å². The fourth-order valence-corrected chi connectivity index (χ4v) is 2.87. The zero-order valence-electron chi connectivity index (χ0n) is 14.6. The summed E-state index contributed by atoms with van der Waals surface area (Å²) >= 11 is 0. The molecule has 24 heavy (non-hydrogen) atoms. The maximum Gasteiger partial charge on any atom is 0.324 e. The van der Waals surface area contributed by atoms with E-state index >= 15 is 0 Å². The van der Waals surface area contributed by atoms with E-state index < -0.39 is 0 Å². The number of nitrogens with zero attached hydrogens (tertiary/aromatic N) is 6. The number of aromatic nitrogens is 4. The molecule has 0 aliphatic carbocycles. The fraction of sp³-hybridized carbons (Fsp3) is 0.500. The van der Waals surface area contributed by atoms with Gasteiger partial charge in [0, 0.05) is 50.7 Å². The number of rotatable bonds is 2. The van der Waals surface area contributed by atoms with Gasteiger partial charge in [0.25, 0.3) is 0 Å². The molecule has 3 rings (SSSR count). The van der Waals surface area contributed by atoms with Crippen LogP contribution in [0, 0.1) is 6.92 Å². The number of carbonyl (C=O) groups is 1. The van der Waals surface area contributed by atoms with Crippen LogP contribution in [0.2, 0.25) is 0 Å². The maximum atomic E-state index is 12.6. The van der Waals surface area contributed by atoms with Crippen molar-refractivity contribution in [3.8, 4) is 0 Å². The van der Waals surface area contributed by atoms with Crippen LogP contribution in [0.15, 0.2) is 12.3 Å². The number of aryl methyl sites for hydroxylation is 2. The molecule has 2 aromatic rings. The second kappa shape index (κ2) is 6.46. The zero-order chi connectivity index (χ0) is 17.3. The topological polar surface area (TPSA) is 79.2 Å². The first-order chi connectivity index (χ1) is 11.4. The van der Waals surface area contributed by atoms with Gasteiger partial charge in [-0.3, -0.25) is 10.00 Å². The highest BCUT2D eigenvalue weighted by Gasteiger charge is 2.22. The van der Waals surface area contributed by atoms with E-state index in [0.717, 1.165) is 29.9 Å². The van der Waals surface area contributed by atoms with Gasteiger partial charge in [0.1, 0.15) is 5.82 Å². The van der Waals surface area contributed by atoms with Crippen LogP contribution in [0.1, 0.15) is 23.4 Å². The Kier molecular flexibility index (Phi) is 4.37. The van der Waals surface area contributed by atoms with Crippen LogP contribution in [0.25, 0.3) is 0 Å². The van der Waals surface area contributed by atoms with Crippen molar-refractivity contribution >= 4 is 17.8 Å². The van der Waals surface area contributed by atoms with E-state index in [2.05, 4.69) is 20.4 Å². The molecule has 1 aliphatic rings. The number of anilines is 2. The minimum Gasteiger partial charge on any atom is -0.363 e. The molecule has 0 bridgehead atoms. The minimum atomic E-state index is -0.179. The molecule has 8 heteroatoms. The summed E-state index contributed by atoms with van der Waals surface area (Å²) in [5, 5.41) is 7.11. The summed E-state index contributed by atoms with van der Waals surface area (Å²) in [6.45, 7) is 3.15. The summed E-state index contributed by atoms with van der Waals surface area (Å²) in [6.07, 6.45) is 3.69. The molecule has 128 valence electrons. The van der Waals surface area contributed by atoms with Crippen molar-refractivity contribution in [1.82, 2.24) is 24.6 Å². The van der Waals surface area contributed by atoms with Gasteiger partial charge >= 0.3 is 6.03 Å². The van der Waals surface area contributed by atoms with Crippen molar-refractivity contribution in [3.63, 3.8) is 0 Å². The highest BCUT2D eigenvalue weighted by molar-refractivity contribution is 5.87. The quantitative estimate of drug-likeness (QED) is 0.904. The predicted octanol–water partition coefficient (Wildman–Crippen LogP) is 1.56. The SMILES string of the molecule is Cc1cc(N(C)C)nc(NC(=O)N2CCCc3c(cnn3C)C2)n1.